The highest BCUT2D eigenvalue weighted by Gasteiger charge is 2.35. The molecule has 1 aromatic rings. The molecule has 1 saturated heterocycles. The van der Waals surface area contributed by atoms with E-state index < -0.39 is 9.84 Å². The highest BCUT2D eigenvalue weighted by molar-refractivity contribution is 7.91. The lowest BCUT2D eigenvalue weighted by molar-refractivity contribution is 0.0697. The van der Waals surface area contributed by atoms with Crippen molar-refractivity contribution in [3.63, 3.8) is 0 Å². The van der Waals surface area contributed by atoms with Crippen molar-refractivity contribution in [2.75, 3.05) is 18.1 Å². The van der Waals surface area contributed by atoms with Crippen molar-refractivity contribution >= 4 is 38.9 Å². The third-order valence-electron chi connectivity index (χ3n) is 3.54. The van der Waals surface area contributed by atoms with E-state index in [1.54, 1.807) is 17.0 Å². The third kappa shape index (κ3) is 3.90. The molecule has 0 spiro atoms. The second-order valence-electron chi connectivity index (χ2n) is 5.18. The van der Waals surface area contributed by atoms with Crippen molar-refractivity contribution in [3.05, 3.63) is 33.8 Å². The fourth-order valence-electron chi connectivity index (χ4n) is 2.53. The van der Waals surface area contributed by atoms with E-state index in [0.717, 1.165) is 6.42 Å². The standard InChI is InChI=1S/C14H17Cl2NO3S/c1-2-6-17(11-5-7-21(19,20)9-11)14(18)12-4-3-10(15)8-13(12)16/h3-4,8,11H,2,5-7,9H2,1H3. The Hall–Kier alpha value is -0.780. The average Bonchev–Trinajstić information content (AvgIpc) is 2.75. The monoisotopic (exact) mass is 349 g/mol. The zero-order valence-electron chi connectivity index (χ0n) is 11.7. The molecule has 1 unspecified atom stereocenters. The number of benzene rings is 1. The molecule has 2 rings (SSSR count). The fraction of sp³-hybridized carbons (Fsp3) is 0.500. The molecule has 7 heteroatoms. The number of halogens is 2. The number of hydrogen-bond donors (Lipinski definition) is 0. The molecule has 0 N–H and O–H groups in total. The summed E-state index contributed by atoms with van der Waals surface area (Å²) in [5.41, 5.74) is 0.360. The summed E-state index contributed by atoms with van der Waals surface area (Å²) >= 11 is 11.9. The van der Waals surface area contributed by atoms with Crippen molar-refractivity contribution < 1.29 is 13.2 Å². The quantitative estimate of drug-likeness (QED) is 0.839. The van der Waals surface area contributed by atoms with Gasteiger partial charge >= 0.3 is 0 Å². The molecule has 0 bridgehead atoms. The highest BCUT2D eigenvalue weighted by atomic mass is 35.5. The molecule has 1 amide bonds. The molecule has 116 valence electrons. The molecule has 0 aliphatic carbocycles. The van der Waals surface area contributed by atoms with Gasteiger partial charge < -0.3 is 4.90 Å². The fourth-order valence-corrected chi connectivity index (χ4v) is 4.75. The Labute approximate surface area is 134 Å². The summed E-state index contributed by atoms with van der Waals surface area (Å²) in [6, 6.07) is 4.44. The topological polar surface area (TPSA) is 54.5 Å². The van der Waals surface area contributed by atoms with Gasteiger partial charge in [-0.1, -0.05) is 30.1 Å². The van der Waals surface area contributed by atoms with Gasteiger partial charge in [0.25, 0.3) is 5.91 Å². The van der Waals surface area contributed by atoms with E-state index in [4.69, 9.17) is 23.2 Å². The molecule has 0 saturated carbocycles. The van der Waals surface area contributed by atoms with Crippen LogP contribution in [0.1, 0.15) is 30.1 Å². The minimum absolute atomic E-state index is 0.0317. The third-order valence-corrected chi connectivity index (χ3v) is 5.83. The van der Waals surface area contributed by atoms with Gasteiger partial charge in [0.15, 0.2) is 9.84 Å². The van der Waals surface area contributed by atoms with E-state index in [1.807, 2.05) is 6.92 Å². The molecular weight excluding hydrogens is 333 g/mol. The van der Waals surface area contributed by atoms with E-state index in [2.05, 4.69) is 0 Å². The van der Waals surface area contributed by atoms with Gasteiger partial charge in [-0.15, -0.1) is 0 Å². The van der Waals surface area contributed by atoms with Gasteiger partial charge in [0.05, 0.1) is 22.1 Å². The molecule has 21 heavy (non-hydrogen) atoms. The van der Waals surface area contributed by atoms with Crippen LogP contribution in [0.2, 0.25) is 10.0 Å². The van der Waals surface area contributed by atoms with Crippen LogP contribution in [0.4, 0.5) is 0 Å². The van der Waals surface area contributed by atoms with Crippen molar-refractivity contribution in [1.82, 2.24) is 4.90 Å². The second-order valence-corrected chi connectivity index (χ2v) is 8.25. The predicted octanol–water partition coefficient (Wildman–Crippen LogP) is 3.03. The summed E-state index contributed by atoms with van der Waals surface area (Å²) in [6.45, 7) is 2.46. The molecule has 1 aliphatic rings. The Kier molecular flexibility index (Phi) is 5.17. The van der Waals surface area contributed by atoms with Crippen LogP contribution in [0, 0.1) is 0 Å². The number of rotatable bonds is 4. The molecule has 1 atom stereocenters. The summed E-state index contributed by atoms with van der Waals surface area (Å²) in [7, 11) is -3.04. The first-order valence-corrected chi connectivity index (χ1v) is 9.38. The zero-order valence-corrected chi connectivity index (χ0v) is 14.0. The highest BCUT2D eigenvalue weighted by Crippen LogP contribution is 2.25. The van der Waals surface area contributed by atoms with E-state index in [9.17, 15) is 13.2 Å². The first-order valence-electron chi connectivity index (χ1n) is 6.80. The Morgan fingerprint density at radius 1 is 1.38 bits per heavy atom. The average molecular weight is 350 g/mol. The van der Waals surface area contributed by atoms with Crippen LogP contribution in [0.25, 0.3) is 0 Å². The van der Waals surface area contributed by atoms with Gasteiger partial charge in [-0.05, 0) is 31.0 Å². The number of carbonyl (C=O) groups is 1. The van der Waals surface area contributed by atoms with Crippen LogP contribution in [-0.4, -0.2) is 43.3 Å². The Bertz CT molecular complexity index is 646. The van der Waals surface area contributed by atoms with Gasteiger partial charge in [-0.2, -0.15) is 0 Å². The molecule has 1 heterocycles. The lowest BCUT2D eigenvalue weighted by atomic mass is 10.1. The van der Waals surface area contributed by atoms with Crippen LogP contribution in [-0.2, 0) is 9.84 Å². The number of nitrogens with zero attached hydrogens (tertiary/aromatic N) is 1. The van der Waals surface area contributed by atoms with Crippen LogP contribution in [0.15, 0.2) is 18.2 Å². The van der Waals surface area contributed by atoms with Crippen molar-refractivity contribution in [2.24, 2.45) is 0 Å². The first-order chi connectivity index (χ1) is 9.84. The van der Waals surface area contributed by atoms with Gasteiger partial charge in [0.1, 0.15) is 0 Å². The van der Waals surface area contributed by atoms with Gasteiger partial charge in [-0.25, -0.2) is 8.42 Å². The van der Waals surface area contributed by atoms with Crippen LogP contribution >= 0.6 is 23.2 Å². The Morgan fingerprint density at radius 2 is 2.10 bits per heavy atom. The number of amides is 1. The molecule has 1 fully saturated rings. The van der Waals surface area contributed by atoms with E-state index >= 15 is 0 Å². The maximum Gasteiger partial charge on any atom is 0.255 e. The van der Waals surface area contributed by atoms with Crippen molar-refractivity contribution in [2.45, 2.75) is 25.8 Å². The predicted molar refractivity (Wildman–Crippen MR) is 84.8 cm³/mol. The number of hydrogen-bond acceptors (Lipinski definition) is 3. The zero-order chi connectivity index (χ0) is 15.6. The molecule has 0 aromatic heterocycles. The maximum absolute atomic E-state index is 12.7. The smallest absolute Gasteiger partial charge is 0.255 e. The van der Waals surface area contributed by atoms with E-state index in [1.165, 1.54) is 6.07 Å². The first kappa shape index (κ1) is 16.6. The second kappa shape index (κ2) is 6.55. The molecule has 1 aromatic carbocycles. The lowest BCUT2D eigenvalue weighted by Gasteiger charge is -2.28. The summed E-state index contributed by atoms with van der Waals surface area (Å²) in [5, 5.41) is 0.747. The SMILES string of the molecule is CCCN(C(=O)c1ccc(Cl)cc1Cl)C1CCS(=O)(=O)C1. The van der Waals surface area contributed by atoms with E-state index in [0.29, 0.717) is 23.6 Å². The minimum Gasteiger partial charge on any atom is -0.335 e. The van der Waals surface area contributed by atoms with Gasteiger partial charge in [0, 0.05) is 17.6 Å². The van der Waals surface area contributed by atoms with Crippen molar-refractivity contribution in [3.8, 4) is 0 Å². The van der Waals surface area contributed by atoms with Gasteiger partial charge in [-0.3, -0.25) is 4.79 Å². The Balaban J connectivity index is 2.27. The van der Waals surface area contributed by atoms with E-state index in [-0.39, 0.29) is 28.5 Å². The van der Waals surface area contributed by atoms with Crippen LogP contribution in [0.5, 0.6) is 0 Å². The largest absolute Gasteiger partial charge is 0.335 e. The molecule has 1 aliphatic heterocycles. The molecule has 4 nitrogen and oxygen atoms in total. The minimum atomic E-state index is -3.04. The molecule has 0 radical (unpaired) electrons. The molecular formula is C14H17Cl2NO3S. The summed E-state index contributed by atoms with van der Waals surface area (Å²) in [5.74, 6) is -0.0654. The summed E-state index contributed by atoms with van der Waals surface area (Å²) in [6.07, 6.45) is 1.24. The van der Waals surface area contributed by atoms with Gasteiger partial charge in [0.2, 0.25) is 0 Å². The Morgan fingerprint density at radius 3 is 2.62 bits per heavy atom. The van der Waals surface area contributed by atoms with Crippen molar-refractivity contribution in [1.29, 1.82) is 0 Å². The van der Waals surface area contributed by atoms with Crippen LogP contribution < -0.4 is 0 Å². The lowest BCUT2D eigenvalue weighted by Crippen LogP contribution is -2.41. The number of sulfone groups is 1. The summed E-state index contributed by atoms with van der Waals surface area (Å²) < 4.78 is 23.3. The summed E-state index contributed by atoms with van der Waals surface area (Å²) in [4.78, 5) is 14.3. The normalized spacial score (nSPS) is 20.4. The van der Waals surface area contributed by atoms with Crippen LogP contribution in [0.3, 0.4) is 0 Å². The number of carbonyl (C=O) groups excluding carboxylic acids is 1. The maximum atomic E-state index is 12.7.